The van der Waals surface area contributed by atoms with Crippen molar-refractivity contribution in [2.24, 2.45) is 5.92 Å². The summed E-state index contributed by atoms with van der Waals surface area (Å²) in [6, 6.07) is 4.37. The average Bonchev–Trinajstić information content (AvgIpc) is 2.90. The van der Waals surface area contributed by atoms with Gasteiger partial charge in [0.2, 0.25) is 15.9 Å². The number of sulfonamides is 1. The van der Waals surface area contributed by atoms with E-state index < -0.39 is 10.0 Å². The van der Waals surface area contributed by atoms with Crippen molar-refractivity contribution >= 4 is 15.9 Å². The van der Waals surface area contributed by atoms with Crippen molar-refractivity contribution in [1.82, 2.24) is 14.5 Å². The molecule has 9 heteroatoms. The molecule has 1 amide bonds. The molecule has 2 N–H and O–H groups in total. The summed E-state index contributed by atoms with van der Waals surface area (Å²) in [6.45, 7) is 14.3. The number of amides is 1. The smallest absolute Gasteiger partial charge is 0.243 e. The molecule has 1 saturated heterocycles. The summed E-state index contributed by atoms with van der Waals surface area (Å²) in [6.07, 6.45) is 7.16. The molecular formula is C29H51N4O4S+. The summed E-state index contributed by atoms with van der Waals surface area (Å²) in [4.78, 5) is 17.3. The second-order valence-electron chi connectivity index (χ2n) is 11.4. The monoisotopic (exact) mass is 551 g/mol. The van der Waals surface area contributed by atoms with Crippen molar-refractivity contribution in [1.29, 1.82) is 0 Å². The molecule has 1 aromatic rings. The summed E-state index contributed by atoms with van der Waals surface area (Å²) in [5, 5.41) is 3.18. The maximum Gasteiger partial charge on any atom is 0.243 e. The average molecular weight is 552 g/mol. The molecule has 0 atom stereocenters. The Labute approximate surface area is 231 Å². The molecule has 1 aliphatic carbocycles. The van der Waals surface area contributed by atoms with Gasteiger partial charge in [-0.3, -0.25) is 4.79 Å². The quantitative estimate of drug-likeness (QED) is 0.417. The van der Waals surface area contributed by atoms with E-state index in [1.54, 1.807) is 45.0 Å². The van der Waals surface area contributed by atoms with Crippen LogP contribution in [0.5, 0.6) is 5.75 Å². The minimum Gasteiger partial charge on any atom is -0.497 e. The van der Waals surface area contributed by atoms with Gasteiger partial charge in [0.15, 0.2) is 0 Å². The van der Waals surface area contributed by atoms with Crippen LogP contribution in [0, 0.1) is 19.8 Å². The van der Waals surface area contributed by atoms with Crippen molar-refractivity contribution in [3.8, 4) is 5.75 Å². The first kappa shape index (κ1) is 30.9. The topological polar surface area (TPSA) is 83.4 Å². The van der Waals surface area contributed by atoms with E-state index in [0.29, 0.717) is 27.8 Å². The summed E-state index contributed by atoms with van der Waals surface area (Å²) < 4.78 is 33.0. The maximum atomic E-state index is 13.2. The lowest BCUT2D eigenvalue weighted by Crippen LogP contribution is -3.17. The van der Waals surface area contributed by atoms with E-state index in [9.17, 15) is 13.2 Å². The Morgan fingerprint density at radius 2 is 1.61 bits per heavy atom. The lowest BCUT2D eigenvalue weighted by atomic mass is 9.87. The largest absolute Gasteiger partial charge is 0.497 e. The zero-order valence-corrected chi connectivity index (χ0v) is 25.3. The fourth-order valence-electron chi connectivity index (χ4n) is 6.40. The molecule has 8 nitrogen and oxygen atoms in total. The predicted molar refractivity (Wildman–Crippen MR) is 152 cm³/mol. The van der Waals surface area contributed by atoms with Crippen LogP contribution in [0.4, 0.5) is 0 Å². The van der Waals surface area contributed by atoms with E-state index in [-0.39, 0.29) is 24.9 Å². The van der Waals surface area contributed by atoms with E-state index >= 15 is 0 Å². The highest BCUT2D eigenvalue weighted by Crippen LogP contribution is 2.28. The Kier molecular flexibility index (Phi) is 11.4. The molecule has 1 aromatic carbocycles. The van der Waals surface area contributed by atoms with Gasteiger partial charge < -0.3 is 19.9 Å². The lowest BCUT2D eigenvalue weighted by molar-refractivity contribution is -0.932. The van der Waals surface area contributed by atoms with Gasteiger partial charge in [0.25, 0.3) is 0 Å². The fraction of sp³-hybridized carbons (Fsp3) is 0.759. The van der Waals surface area contributed by atoms with Crippen LogP contribution >= 0.6 is 0 Å². The minimum absolute atomic E-state index is 0.0664. The van der Waals surface area contributed by atoms with Gasteiger partial charge in [-0.05, 0) is 69.0 Å². The van der Waals surface area contributed by atoms with Gasteiger partial charge in [-0.25, -0.2) is 12.7 Å². The number of quaternary nitrogens is 1. The molecule has 2 fully saturated rings. The number of piperidine rings is 1. The van der Waals surface area contributed by atoms with Crippen LogP contribution in [0.15, 0.2) is 17.0 Å². The van der Waals surface area contributed by atoms with Crippen LogP contribution < -0.4 is 15.0 Å². The zero-order valence-electron chi connectivity index (χ0n) is 24.5. The number of carbonyl (C=O) groups excluding carboxylic acids is 1. The molecule has 0 spiro atoms. The normalized spacial score (nSPS) is 24.5. The maximum absolute atomic E-state index is 13.2. The van der Waals surface area contributed by atoms with Gasteiger partial charge in [-0.2, -0.15) is 0 Å². The number of aryl methyl sites for hydroxylation is 2. The summed E-state index contributed by atoms with van der Waals surface area (Å²) in [7, 11) is -0.582. The molecule has 0 radical (unpaired) electrons. The van der Waals surface area contributed by atoms with Gasteiger partial charge in [-0.15, -0.1) is 0 Å². The molecule has 2 aliphatic rings. The Bertz CT molecular complexity index is 988. The van der Waals surface area contributed by atoms with Crippen LogP contribution in [0.2, 0.25) is 0 Å². The molecule has 0 unspecified atom stereocenters. The molecular weight excluding hydrogens is 500 g/mol. The van der Waals surface area contributed by atoms with Crippen LogP contribution in [-0.2, 0) is 14.8 Å². The van der Waals surface area contributed by atoms with Crippen LogP contribution in [-0.4, -0.2) is 89.0 Å². The highest BCUT2D eigenvalue weighted by atomic mass is 32.2. The number of rotatable bonds is 12. The highest BCUT2D eigenvalue weighted by molar-refractivity contribution is 7.89. The van der Waals surface area contributed by atoms with Crippen LogP contribution in [0.25, 0.3) is 0 Å². The Hall–Kier alpha value is -1.68. The van der Waals surface area contributed by atoms with Crippen molar-refractivity contribution in [3.05, 3.63) is 23.3 Å². The van der Waals surface area contributed by atoms with Crippen molar-refractivity contribution < 1.29 is 22.8 Å². The molecule has 0 aromatic heterocycles. The van der Waals surface area contributed by atoms with Crippen molar-refractivity contribution in [2.45, 2.75) is 89.6 Å². The SMILES string of the molecule is CCN(CC)CC1CC[NH+](C2CCC(NC(=O)CCN(C)S(=O)(=O)c3c(C)cc(OC)cc3C)CC2)CC1. The van der Waals surface area contributed by atoms with E-state index in [1.165, 1.54) is 36.8 Å². The van der Waals surface area contributed by atoms with Gasteiger partial charge in [0.1, 0.15) is 5.75 Å². The number of hydrogen-bond acceptors (Lipinski definition) is 5. The van der Waals surface area contributed by atoms with Gasteiger partial charge in [-0.1, -0.05) is 13.8 Å². The van der Waals surface area contributed by atoms with Gasteiger partial charge in [0, 0.05) is 58.3 Å². The zero-order chi connectivity index (χ0) is 27.9. The Morgan fingerprint density at radius 1 is 1.03 bits per heavy atom. The summed E-state index contributed by atoms with van der Waals surface area (Å²) >= 11 is 0. The lowest BCUT2D eigenvalue weighted by Gasteiger charge is -2.39. The number of ether oxygens (including phenoxy) is 1. The predicted octanol–water partition coefficient (Wildman–Crippen LogP) is 2.39. The molecule has 38 heavy (non-hydrogen) atoms. The molecule has 1 heterocycles. The van der Waals surface area contributed by atoms with Crippen molar-refractivity contribution in [3.63, 3.8) is 0 Å². The Morgan fingerprint density at radius 3 is 2.13 bits per heavy atom. The molecule has 3 rings (SSSR count). The number of hydrogen-bond donors (Lipinski definition) is 2. The first-order chi connectivity index (χ1) is 18.1. The van der Waals surface area contributed by atoms with Gasteiger partial charge in [0.05, 0.1) is 31.1 Å². The van der Waals surface area contributed by atoms with E-state index in [2.05, 4.69) is 24.1 Å². The number of nitrogens with zero attached hydrogens (tertiary/aromatic N) is 2. The van der Waals surface area contributed by atoms with E-state index in [0.717, 1.165) is 44.7 Å². The van der Waals surface area contributed by atoms with E-state index in [1.807, 2.05) is 0 Å². The first-order valence-corrected chi connectivity index (χ1v) is 16.0. The second-order valence-corrected chi connectivity index (χ2v) is 13.4. The van der Waals surface area contributed by atoms with Crippen molar-refractivity contribution in [2.75, 3.05) is 53.4 Å². The first-order valence-electron chi connectivity index (χ1n) is 14.6. The van der Waals surface area contributed by atoms with E-state index in [4.69, 9.17) is 4.74 Å². The number of likely N-dealkylation sites (tertiary alicyclic amines) is 1. The van der Waals surface area contributed by atoms with Crippen LogP contribution in [0.3, 0.4) is 0 Å². The van der Waals surface area contributed by atoms with Gasteiger partial charge >= 0.3 is 0 Å². The molecule has 1 aliphatic heterocycles. The second kappa shape index (κ2) is 14.1. The number of benzene rings is 1. The fourth-order valence-corrected chi connectivity index (χ4v) is 7.98. The molecule has 216 valence electrons. The third-order valence-corrected chi connectivity index (χ3v) is 11.0. The molecule has 1 saturated carbocycles. The minimum atomic E-state index is -3.70. The number of methoxy groups -OCH3 is 1. The third kappa shape index (κ3) is 7.93. The Balaban J connectivity index is 1.41. The highest BCUT2D eigenvalue weighted by Gasteiger charge is 2.33. The summed E-state index contributed by atoms with van der Waals surface area (Å²) in [5.41, 5.74) is 1.29. The third-order valence-electron chi connectivity index (χ3n) is 8.82. The molecule has 0 bridgehead atoms. The standard InChI is InChI=1S/C29H50N4O4S/c1-7-32(8-2)21-24-13-17-33(18-14-24)26-11-9-25(10-12-26)30-28(34)15-16-31(5)38(35,36)29-22(3)19-27(37-6)20-23(29)4/h19-20,24-26H,7-18,21H2,1-6H3,(H,30,34)/p+1. The van der Waals surface area contributed by atoms with Crippen LogP contribution in [0.1, 0.15) is 69.9 Å². The number of carbonyl (C=O) groups is 1. The number of nitrogens with one attached hydrogen (secondary N) is 2. The summed E-state index contributed by atoms with van der Waals surface area (Å²) in [5.74, 6) is 1.41.